The normalized spacial score (nSPS) is 18.1. The Hall–Kier alpha value is -4.69. The van der Waals surface area contributed by atoms with E-state index < -0.39 is 23.2 Å². The number of anilines is 1. The van der Waals surface area contributed by atoms with E-state index in [2.05, 4.69) is 17.7 Å². The molecule has 214 valence electrons. The van der Waals surface area contributed by atoms with Crippen molar-refractivity contribution in [2.75, 3.05) is 31.1 Å². The first-order valence-electron chi connectivity index (χ1n) is 13.3. The van der Waals surface area contributed by atoms with Gasteiger partial charge in [0.1, 0.15) is 29.9 Å². The van der Waals surface area contributed by atoms with Crippen LogP contribution in [0.4, 0.5) is 14.5 Å². The fourth-order valence-electron chi connectivity index (χ4n) is 5.96. The van der Waals surface area contributed by atoms with Crippen molar-refractivity contribution < 1.29 is 18.3 Å². The predicted octanol–water partition coefficient (Wildman–Crippen LogP) is 4.53. The van der Waals surface area contributed by atoms with Gasteiger partial charge < -0.3 is 14.5 Å². The molecule has 4 aromatic rings. The molecule has 42 heavy (non-hydrogen) atoms. The maximum atomic E-state index is 15.1. The van der Waals surface area contributed by atoms with E-state index >= 15 is 4.39 Å². The Kier molecular flexibility index (Phi) is 6.94. The molecule has 9 nitrogen and oxygen atoms in total. The summed E-state index contributed by atoms with van der Waals surface area (Å²) in [4.78, 5) is 30.1. The number of amides is 1. The SMILES string of the molecule is C=CC(=O)N1CCN(c2c(C#N)c(=O)n3c4c(c(-c5ccc(F)cc5F)c(Cl)cc24)OCC3Cn2cccn2)[C@@H](C)C1. The fourth-order valence-corrected chi connectivity index (χ4v) is 6.25. The van der Waals surface area contributed by atoms with Crippen molar-refractivity contribution in [2.24, 2.45) is 0 Å². The molecule has 0 N–H and O–H groups in total. The first-order valence-corrected chi connectivity index (χ1v) is 13.7. The van der Waals surface area contributed by atoms with Crippen molar-refractivity contribution in [3.8, 4) is 22.9 Å². The summed E-state index contributed by atoms with van der Waals surface area (Å²) in [5.41, 5.74) is 0.289. The molecule has 12 heteroatoms. The number of pyridine rings is 1. The first-order chi connectivity index (χ1) is 20.2. The summed E-state index contributed by atoms with van der Waals surface area (Å²) in [5, 5.41) is 15.2. The number of benzene rings is 2. The van der Waals surface area contributed by atoms with Crippen molar-refractivity contribution in [3.63, 3.8) is 0 Å². The van der Waals surface area contributed by atoms with E-state index in [4.69, 9.17) is 16.3 Å². The molecule has 2 aromatic carbocycles. The zero-order chi connectivity index (χ0) is 29.7. The number of hydrogen-bond donors (Lipinski definition) is 0. The quantitative estimate of drug-likeness (QED) is 0.317. The van der Waals surface area contributed by atoms with Gasteiger partial charge in [-0.15, -0.1) is 0 Å². The van der Waals surface area contributed by atoms with Gasteiger partial charge in [-0.2, -0.15) is 10.4 Å². The third kappa shape index (κ3) is 4.39. The molecule has 4 heterocycles. The molecule has 0 saturated carbocycles. The van der Waals surface area contributed by atoms with Crippen LogP contribution in [0.2, 0.25) is 5.02 Å². The summed E-state index contributed by atoms with van der Waals surface area (Å²) in [6.07, 6.45) is 4.63. The number of hydrogen-bond acceptors (Lipinski definition) is 6. The summed E-state index contributed by atoms with van der Waals surface area (Å²) in [5.74, 6) is -1.63. The third-order valence-corrected chi connectivity index (χ3v) is 8.13. The molecule has 1 saturated heterocycles. The fraction of sp³-hybridized carbons (Fsp3) is 0.267. The molecule has 1 unspecified atom stereocenters. The monoisotopic (exact) mass is 590 g/mol. The third-order valence-electron chi connectivity index (χ3n) is 7.83. The Morgan fingerprint density at radius 2 is 2.12 bits per heavy atom. The highest BCUT2D eigenvalue weighted by molar-refractivity contribution is 6.35. The van der Waals surface area contributed by atoms with Crippen LogP contribution >= 0.6 is 11.6 Å². The largest absolute Gasteiger partial charge is 0.488 e. The maximum absolute atomic E-state index is 15.1. The smallest absolute Gasteiger partial charge is 0.271 e. The van der Waals surface area contributed by atoms with Gasteiger partial charge in [0.25, 0.3) is 5.56 Å². The van der Waals surface area contributed by atoms with E-state index in [0.717, 1.165) is 12.1 Å². The Balaban J connectivity index is 1.64. The van der Waals surface area contributed by atoms with Gasteiger partial charge in [-0.3, -0.25) is 18.8 Å². The lowest BCUT2D eigenvalue weighted by molar-refractivity contribution is -0.126. The summed E-state index contributed by atoms with van der Waals surface area (Å²) in [6.45, 7) is 6.79. The van der Waals surface area contributed by atoms with Crippen LogP contribution in [0, 0.1) is 23.0 Å². The topological polar surface area (TPSA) is 96.4 Å². The lowest BCUT2D eigenvalue weighted by atomic mass is 9.96. The number of carbonyl (C=O) groups excluding carboxylic acids is 1. The summed E-state index contributed by atoms with van der Waals surface area (Å²) in [7, 11) is 0. The van der Waals surface area contributed by atoms with E-state index in [-0.39, 0.29) is 52.6 Å². The van der Waals surface area contributed by atoms with Gasteiger partial charge in [-0.25, -0.2) is 8.78 Å². The molecule has 0 radical (unpaired) electrons. The molecular weight excluding hydrogens is 566 g/mol. The first kappa shape index (κ1) is 27.5. The number of piperazine rings is 1. The number of aromatic nitrogens is 3. The van der Waals surface area contributed by atoms with Crippen LogP contribution < -0.4 is 15.2 Å². The number of nitriles is 1. The van der Waals surface area contributed by atoms with E-state index in [1.54, 1.807) is 34.1 Å². The van der Waals surface area contributed by atoms with Crippen molar-refractivity contribution in [1.82, 2.24) is 19.2 Å². The molecule has 1 fully saturated rings. The number of nitrogens with zero attached hydrogens (tertiary/aromatic N) is 6. The number of rotatable bonds is 5. The van der Waals surface area contributed by atoms with Gasteiger partial charge in [0.15, 0.2) is 5.75 Å². The van der Waals surface area contributed by atoms with Crippen molar-refractivity contribution >= 4 is 34.1 Å². The standard InChI is InChI=1S/C30H25ClF2N6O3/c1-3-25(40)36-9-10-38(17(2)14-36)27-21-12-23(31)26(20-6-5-18(32)11-24(20)33)29-28(21)39(30(41)22(27)13-34)19(16-42-29)15-37-8-4-7-35-37/h3-8,11-12,17,19H,1,9-10,14-16H2,2H3/t17-,19?/m0/s1. The average molecular weight is 591 g/mol. The second kappa shape index (κ2) is 10.6. The van der Waals surface area contributed by atoms with Crippen LogP contribution in [0.3, 0.4) is 0 Å². The Bertz CT molecular complexity index is 1850. The summed E-state index contributed by atoms with van der Waals surface area (Å²) >= 11 is 6.82. The molecule has 2 aliphatic heterocycles. The van der Waals surface area contributed by atoms with Crippen molar-refractivity contribution in [1.29, 1.82) is 5.26 Å². The zero-order valence-electron chi connectivity index (χ0n) is 22.6. The molecular formula is C30H25ClF2N6O3. The Labute approximate surface area is 244 Å². The van der Waals surface area contributed by atoms with Crippen LogP contribution in [-0.4, -0.2) is 57.4 Å². The number of ether oxygens (including phenoxy) is 1. The molecule has 2 aromatic heterocycles. The summed E-state index contributed by atoms with van der Waals surface area (Å²) in [6, 6.07) is 7.80. The van der Waals surface area contributed by atoms with Crippen molar-refractivity contribution in [2.45, 2.75) is 25.6 Å². The molecule has 2 aliphatic rings. The van der Waals surface area contributed by atoms with Crippen LogP contribution in [0.25, 0.3) is 22.0 Å². The molecule has 0 spiro atoms. The van der Waals surface area contributed by atoms with E-state index in [0.29, 0.717) is 36.2 Å². The highest BCUT2D eigenvalue weighted by Crippen LogP contribution is 2.48. The lowest BCUT2D eigenvalue weighted by Crippen LogP contribution is -2.54. The number of halogens is 3. The van der Waals surface area contributed by atoms with E-state index in [9.17, 15) is 19.2 Å². The minimum absolute atomic E-state index is 0.0126. The lowest BCUT2D eigenvalue weighted by Gasteiger charge is -2.42. The van der Waals surface area contributed by atoms with Crippen LogP contribution in [-0.2, 0) is 11.3 Å². The van der Waals surface area contributed by atoms with Gasteiger partial charge in [-0.05, 0) is 37.3 Å². The van der Waals surface area contributed by atoms with Crippen LogP contribution in [0.15, 0.2) is 60.2 Å². The van der Waals surface area contributed by atoms with Gasteiger partial charge in [0, 0.05) is 60.6 Å². The molecule has 0 aliphatic carbocycles. The predicted molar refractivity (Wildman–Crippen MR) is 154 cm³/mol. The second-order valence-corrected chi connectivity index (χ2v) is 10.7. The molecule has 1 amide bonds. The highest BCUT2D eigenvalue weighted by Gasteiger charge is 2.36. The molecule has 0 bridgehead atoms. The van der Waals surface area contributed by atoms with Crippen molar-refractivity contribution in [3.05, 3.63) is 88.0 Å². The number of carbonyl (C=O) groups is 1. The molecule has 2 atom stereocenters. The van der Waals surface area contributed by atoms with Gasteiger partial charge >= 0.3 is 0 Å². The van der Waals surface area contributed by atoms with Gasteiger partial charge in [0.05, 0.1) is 28.8 Å². The highest BCUT2D eigenvalue weighted by atomic mass is 35.5. The average Bonchev–Trinajstić information content (AvgIpc) is 3.48. The van der Waals surface area contributed by atoms with E-state index in [1.165, 1.54) is 16.7 Å². The second-order valence-electron chi connectivity index (χ2n) is 10.3. The minimum atomic E-state index is -0.839. The van der Waals surface area contributed by atoms with E-state index in [1.807, 2.05) is 11.8 Å². The van der Waals surface area contributed by atoms with Gasteiger partial charge in [-0.1, -0.05) is 18.2 Å². The minimum Gasteiger partial charge on any atom is -0.488 e. The summed E-state index contributed by atoms with van der Waals surface area (Å²) < 4.78 is 38.3. The maximum Gasteiger partial charge on any atom is 0.271 e. The van der Waals surface area contributed by atoms with Crippen LogP contribution in [0.5, 0.6) is 5.75 Å². The zero-order valence-corrected chi connectivity index (χ0v) is 23.3. The molecule has 6 rings (SSSR count). The Morgan fingerprint density at radius 1 is 1.31 bits per heavy atom. The van der Waals surface area contributed by atoms with Gasteiger partial charge in [0.2, 0.25) is 5.91 Å². The van der Waals surface area contributed by atoms with Crippen LogP contribution in [0.1, 0.15) is 18.5 Å². The Morgan fingerprint density at radius 3 is 2.79 bits per heavy atom.